The summed E-state index contributed by atoms with van der Waals surface area (Å²) in [5.41, 5.74) is 2.10. The molecule has 0 aliphatic carbocycles. The lowest BCUT2D eigenvalue weighted by Crippen LogP contribution is -2.46. The number of hydrogen-bond donors (Lipinski definition) is 1. The van der Waals surface area contributed by atoms with Gasteiger partial charge in [-0.25, -0.2) is 0 Å². The molecule has 1 aromatic carbocycles. The van der Waals surface area contributed by atoms with Crippen LogP contribution < -0.4 is 5.32 Å². The minimum absolute atomic E-state index is 0.191. The molecule has 25 heavy (non-hydrogen) atoms. The van der Waals surface area contributed by atoms with Crippen LogP contribution in [0.15, 0.2) is 24.3 Å². The van der Waals surface area contributed by atoms with Gasteiger partial charge in [0.1, 0.15) is 0 Å². The Morgan fingerprint density at radius 3 is 2.32 bits per heavy atom. The normalized spacial score (nSPS) is 15.8. The van der Waals surface area contributed by atoms with Gasteiger partial charge >= 0.3 is 0 Å². The van der Waals surface area contributed by atoms with Crippen molar-refractivity contribution in [3.8, 4) is 0 Å². The lowest BCUT2D eigenvalue weighted by atomic mass is 10.0. The zero-order valence-electron chi connectivity index (χ0n) is 16.4. The van der Waals surface area contributed by atoms with Crippen LogP contribution in [0.5, 0.6) is 0 Å². The largest absolute Gasteiger partial charge is 0.336 e. The monoisotopic (exact) mass is 345 g/mol. The zero-order valence-corrected chi connectivity index (χ0v) is 16.4. The van der Waals surface area contributed by atoms with Crippen molar-refractivity contribution in [1.82, 2.24) is 15.1 Å². The Balaban J connectivity index is 2.06. The predicted molar refractivity (Wildman–Crippen MR) is 105 cm³/mol. The molecule has 4 heteroatoms. The maximum Gasteiger partial charge on any atom is 0.254 e. The van der Waals surface area contributed by atoms with E-state index in [1.807, 2.05) is 12.1 Å². The predicted octanol–water partition coefficient (Wildman–Crippen LogP) is 3.52. The van der Waals surface area contributed by atoms with Gasteiger partial charge in [-0.2, -0.15) is 0 Å². The summed E-state index contributed by atoms with van der Waals surface area (Å²) >= 11 is 0. The van der Waals surface area contributed by atoms with Crippen LogP contribution in [0.4, 0.5) is 0 Å². The van der Waals surface area contributed by atoms with E-state index in [1.165, 1.54) is 5.56 Å². The van der Waals surface area contributed by atoms with Gasteiger partial charge in [0, 0.05) is 30.7 Å². The Bertz CT molecular complexity index is 520. The second kappa shape index (κ2) is 9.93. The molecule has 0 unspecified atom stereocenters. The molecule has 0 spiro atoms. The number of amides is 1. The van der Waals surface area contributed by atoms with Gasteiger partial charge in [0.2, 0.25) is 0 Å². The second-order valence-electron chi connectivity index (χ2n) is 7.33. The number of hydrogen-bond acceptors (Lipinski definition) is 3. The number of carbonyl (C=O) groups excluding carboxylic acids is 1. The van der Waals surface area contributed by atoms with Crippen LogP contribution >= 0.6 is 0 Å². The van der Waals surface area contributed by atoms with Crippen molar-refractivity contribution in [2.24, 2.45) is 0 Å². The van der Waals surface area contributed by atoms with E-state index in [1.54, 1.807) is 0 Å². The number of nitrogens with one attached hydrogen (secondary N) is 1. The molecule has 1 aliphatic heterocycles. The molecule has 1 heterocycles. The minimum atomic E-state index is 0.191. The average Bonchev–Trinajstić information content (AvgIpc) is 2.64. The van der Waals surface area contributed by atoms with E-state index in [0.717, 1.165) is 57.5 Å². The van der Waals surface area contributed by atoms with Crippen molar-refractivity contribution in [1.29, 1.82) is 0 Å². The van der Waals surface area contributed by atoms with Gasteiger partial charge in [-0.15, -0.1) is 0 Å². The molecule has 0 atom stereocenters. The molecule has 1 saturated heterocycles. The lowest BCUT2D eigenvalue weighted by molar-refractivity contribution is 0.0642. The van der Waals surface area contributed by atoms with Crippen molar-refractivity contribution in [3.05, 3.63) is 35.4 Å². The third-order valence-electron chi connectivity index (χ3n) is 5.20. The fourth-order valence-corrected chi connectivity index (χ4v) is 3.62. The number of benzene rings is 1. The van der Waals surface area contributed by atoms with E-state index in [9.17, 15) is 4.79 Å². The first-order valence-electron chi connectivity index (χ1n) is 9.91. The van der Waals surface area contributed by atoms with Gasteiger partial charge in [0.25, 0.3) is 5.91 Å². The third kappa shape index (κ3) is 5.55. The van der Waals surface area contributed by atoms with Crippen molar-refractivity contribution in [3.63, 3.8) is 0 Å². The van der Waals surface area contributed by atoms with Crippen molar-refractivity contribution >= 4 is 5.91 Å². The molecule has 1 fully saturated rings. The van der Waals surface area contributed by atoms with Gasteiger partial charge in [-0.1, -0.05) is 26.0 Å². The van der Waals surface area contributed by atoms with E-state index in [-0.39, 0.29) is 5.91 Å². The second-order valence-corrected chi connectivity index (χ2v) is 7.33. The average molecular weight is 346 g/mol. The lowest BCUT2D eigenvalue weighted by Gasteiger charge is -2.34. The summed E-state index contributed by atoms with van der Waals surface area (Å²) in [5.74, 6) is 0.191. The van der Waals surface area contributed by atoms with Crippen LogP contribution in [0.1, 0.15) is 62.9 Å². The van der Waals surface area contributed by atoms with Gasteiger partial charge in [-0.05, 0) is 70.4 Å². The highest BCUT2D eigenvalue weighted by Crippen LogP contribution is 2.17. The standard InChI is InChI=1S/C21H35N3O/c1-5-15-24(20-11-13-22-14-12-20)21(25)19-9-7-18(8-10-19)16-23(6-2)17(3)4/h7-10,17,20,22H,5-6,11-16H2,1-4H3. The number of piperidine rings is 1. The summed E-state index contributed by atoms with van der Waals surface area (Å²) in [7, 11) is 0. The van der Waals surface area contributed by atoms with Crippen LogP contribution in [0.25, 0.3) is 0 Å². The first-order chi connectivity index (χ1) is 12.1. The van der Waals surface area contributed by atoms with E-state index >= 15 is 0 Å². The summed E-state index contributed by atoms with van der Waals surface area (Å²) in [5, 5.41) is 3.39. The fraction of sp³-hybridized carbons (Fsp3) is 0.667. The number of nitrogens with zero attached hydrogens (tertiary/aromatic N) is 2. The van der Waals surface area contributed by atoms with E-state index in [4.69, 9.17) is 0 Å². The Hall–Kier alpha value is -1.39. The van der Waals surface area contributed by atoms with Crippen molar-refractivity contribution < 1.29 is 4.79 Å². The molecule has 1 aromatic rings. The summed E-state index contributed by atoms with van der Waals surface area (Å²) in [6.07, 6.45) is 3.13. The Morgan fingerprint density at radius 1 is 1.16 bits per heavy atom. The van der Waals surface area contributed by atoms with Crippen LogP contribution in [-0.4, -0.2) is 54.0 Å². The summed E-state index contributed by atoms with van der Waals surface area (Å²) in [6, 6.07) is 9.16. The Morgan fingerprint density at radius 2 is 1.80 bits per heavy atom. The van der Waals surface area contributed by atoms with E-state index in [2.05, 4.69) is 54.9 Å². The van der Waals surface area contributed by atoms with E-state index in [0.29, 0.717) is 12.1 Å². The molecule has 1 aliphatic rings. The molecule has 140 valence electrons. The van der Waals surface area contributed by atoms with Crippen molar-refractivity contribution in [2.75, 3.05) is 26.2 Å². The molecule has 0 aromatic heterocycles. The first-order valence-corrected chi connectivity index (χ1v) is 9.91. The summed E-state index contributed by atoms with van der Waals surface area (Å²) in [6.45, 7) is 13.6. The van der Waals surface area contributed by atoms with Gasteiger partial charge in [0.15, 0.2) is 0 Å². The SMILES string of the molecule is CCCN(C(=O)c1ccc(CN(CC)C(C)C)cc1)C1CCNCC1. The highest BCUT2D eigenvalue weighted by Gasteiger charge is 2.25. The molecule has 0 saturated carbocycles. The molecule has 0 bridgehead atoms. The molecule has 0 radical (unpaired) electrons. The van der Waals surface area contributed by atoms with Gasteiger partial charge in [-0.3, -0.25) is 9.69 Å². The molecule has 4 nitrogen and oxygen atoms in total. The molecular weight excluding hydrogens is 310 g/mol. The van der Waals surface area contributed by atoms with Crippen LogP contribution in [0.2, 0.25) is 0 Å². The van der Waals surface area contributed by atoms with Crippen LogP contribution in [0.3, 0.4) is 0 Å². The topological polar surface area (TPSA) is 35.6 Å². The Kier molecular flexibility index (Phi) is 7.91. The van der Waals surface area contributed by atoms with Crippen LogP contribution in [0, 0.1) is 0 Å². The summed E-state index contributed by atoms with van der Waals surface area (Å²) in [4.78, 5) is 17.6. The highest BCUT2D eigenvalue weighted by atomic mass is 16.2. The smallest absolute Gasteiger partial charge is 0.254 e. The summed E-state index contributed by atoms with van der Waals surface area (Å²) < 4.78 is 0. The maximum atomic E-state index is 13.0. The van der Waals surface area contributed by atoms with Crippen molar-refractivity contribution in [2.45, 2.75) is 65.6 Å². The van der Waals surface area contributed by atoms with Crippen LogP contribution in [-0.2, 0) is 6.54 Å². The Labute approximate surface area is 153 Å². The first kappa shape index (κ1) is 19.9. The quantitative estimate of drug-likeness (QED) is 0.783. The molecule has 2 rings (SSSR count). The highest BCUT2D eigenvalue weighted by molar-refractivity contribution is 5.94. The number of rotatable bonds is 8. The molecule has 1 amide bonds. The van der Waals surface area contributed by atoms with Gasteiger partial charge in [0.05, 0.1) is 0 Å². The molecule has 1 N–H and O–H groups in total. The van der Waals surface area contributed by atoms with E-state index < -0.39 is 0 Å². The van der Waals surface area contributed by atoms with Gasteiger partial charge < -0.3 is 10.2 Å². The minimum Gasteiger partial charge on any atom is -0.336 e. The molecular formula is C21H35N3O. The third-order valence-corrected chi connectivity index (χ3v) is 5.20. The maximum absolute atomic E-state index is 13.0. The zero-order chi connectivity index (χ0) is 18.2. The number of carbonyl (C=O) groups is 1. The fourth-order valence-electron chi connectivity index (χ4n) is 3.62.